The van der Waals surface area contributed by atoms with E-state index in [1.54, 1.807) is 12.4 Å². The zero-order valence-electron chi connectivity index (χ0n) is 14.1. The van der Waals surface area contributed by atoms with Crippen LogP contribution < -0.4 is 16.4 Å². The summed E-state index contributed by atoms with van der Waals surface area (Å²) in [6.45, 7) is 5.00. The van der Waals surface area contributed by atoms with E-state index in [9.17, 15) is 0 Å². The quantitative estimate of drug-likeness (QED) is 0.737. The monoisotopic (exact) mass is 336 g/mol. The predicted molar refractivity (Wildman–Crippen MR) is 99.4 cm³/mol. The van der Waals surface area contributed by atoms with Gasteiger partial charge in [0.2, 0.25) is 0 Å². The van der Waals surface area contributed by atoms with Gasteiger partial charge in [-0.25, -0.2) is 4.98 Å². The number of ether oxygens (including phenoxy) is 1. The predicted octanol–water partition coefficient (Wildman–Crippen LogP) is 2.00. The van der Waals surface area contributed by atoms with E-state index in [0.717, 1.165) is 46.5 Å². The number of aromatic nitrogens is 3. The number of pyridine rings is 3. The smallest absolute Gasteiger partial charge is 0.123 e. The van der Waals surface area contributed by atoms with Crippen molar-refractivity contribution in [3.8, 4) is 11.3 Å². The molecule has 128 valence electrons. The Bertz CT molecular complexity index is 936. The normalized spacial score (nSPS) is 14.8. The number of aryl methyl sites for hydroxylation is 1. The molecule has 3 aromatic rings. The second-order valence-corrected chi connectivity index (χ2v) is 6.14. The molecule has 1 fully saturated rings. The summed E-state index contributed by atoms with van der Waals surface area (Å²) in [4.78, 5) is 15.4. The van der Waals surface area contributed by atoms with Crippen molar-refractivity contribution in [1.29, 1.82) is 0 Å². The van der Waals surface area contributed by atoms with Crippen LogP contribution in [0.3, 0.4) is 0 Å². The van der Waals surface area contributed by atoms with Gasteiger partial charge in [0.1, 0.15) is 5.82 Å². The highest BCUT2D eigenvalue weighted by Crippen LogP contribution is 2.33. The molecular weight excluding hydrogens is 316 g/mol. The molecule has 0 saturated carbocycles. The SMILES string of the molecule is Cc1ncc(-c2cc(N3CCOCC3)c(N)cn2)c2cc(N)ncc12. The summed E-state index contributed by atoms with van der Waals surface area (Å²) >= 11 is 0. The number of nitrogens with zero attached hydrogens (tertiary/aromatic N) is 4. The Labute approximate surface area is 145 Å². The van der Waals surface area contributed by atoms with Crippen LogP contribution in [0.25, 0.3) is 22.0 Å². The maximum atomic E-state index is 6.17. The molecule has 3 aromatic heterocycles. The van der Waals surface area contributed by atoms with Crippen LogP contribution >= 0.6 is 0 Å². The summed E-state index contributed by atoms with van der Waals surface area (Å²) < 4.78 is 5.43. The van der Waals surface area contributed by atoms with Crippen molar-refractivity contribution in [3.63, 3.8) is 0 Å². The second-order valence-electron chi connectivity index (χ2n) is 6.14. The number of hydrogen-bond donors (Lipinski definition) is 2. The average Bonchev–Trinajstić information content (AvgIpc) is 2.63. The molecule has 0 spiro atoms. The number of nitrogens with two attached hydrogens (primary N) is 2. The summed E-state index contributed by atoms with van der Waals surface area (Å²) in [6, 6.07) is 3.88. The molecule has 0 unspecified atom stereocenters. The van der Waals surface area contributed by atoms with E-state index >= 15 is 0 Å². The van der Waals surface area contributed by atoms with Crippen LogP contribution in [-0.2, 0) is 4.74 Å². The van der Waals surface area contributed by atoms with Crippen LogP contribution in [0.5, 0.6) is 0 Å². The lowest BCUT2D eigenvalue weighted by atomic mass is 10.0. The van der Waals surface area contributed by atoms with E-state index < -0.39 is 0 Å². The first-order valence-electron chi connectivity index (χ1n) is 8.23. The summed E-state index contributed by atoms with van der Waals surface area (Å²) in [7, 11) is 0. The summed E-state index contributed by atoms with van der Waals surface area (Å²) in [5.74, 6) is 0.475. The molecule has 4 heterocycles. The van der Waals surface area contributed by atoms with Crippen molar-refractivity contribution in [2.75, 3.05) is 42.7 Å². The highest BCUT2D eigenvalue weighted by Gasteiger charge is 2.17. The molecule has 0 bridgehead atoms. The van der Waals surface area contributed by atoms with Crippen molar-refractivity contribution in [3.05, 3.63) is 36.4 Å². The van der Waals surface area contributed by atoms with Gasteiger partial charge in [-0.05, 0) is 24.4 Å². The molecule has 0 aromatic carbocycles. The van der Waals surface area contributed by atoms with Crippen molar-refractivity contribution < 1.29 is 4.74 Å². The Balaban J connectivity index is 1.86. The molecule has 4 rings (SSSR count). The fourth-order valence-corrected chi connectivity index (χ4v) is 3.17. The first kappa shape index (κ1) is 15.6. The molecule has 25 heavy (non-hydrogen) atoms. The van der Waals surface area contributed by atoms with Gasteiger partial charge in [0, 0.05) is 42.1 Å². The Morgan fingerprint density at radius 3 is 2.56 bits per heavy atom. The van der Waals surface area contributed by atoms with Crippen LogP contribution in [-0.4, -0.2) is 41.3 Å². The Morgan fingerprint density at radius 2 is 1.76 bits per heavy atom. The van der Waals surface area contributed by atoms with Gasteiger partial charge in [0.05, 0.1) is 36.5 Å². The molecule has 0 amide bonds. The minimum Gasteiger partial charge on any atom is -0.396 e. The second kappa shape index (κ2) is 6.18. The number of hydrogen-bond acceptors (Lipinski definition) is 7. The summed E-state index contributed by atoms with van der Waals surface area (Å²) in [5.41, 5.74) is 16.4. The van der Waals surface area contributed by atoms with Gasteiger partial charge in [0.25, 0.3) is 0 Å². The number of anilines is 3. The number of rotatable bonds is 2. The topological polar surface area (TPSA) is 103 Å². The molecule has 1 saturated heterocycles. The molecule has 0 aliphatic carbocycles. The third kappa shape index (κ3) is 2.83. The maximum Gasteiger partial charge on any atom is 0.123 e. The van der Waals surface area contributed by atoms with Crippen molar-refractivity contribution >= 4 is 28.0 Å². The van der Waals surface area contributed by atoms with E-state index in [0.29, 0.717) is 24.7 Å². The Kier molecular flexibility index (Phi) is 3.85. The van der Waals surface area contributed by atoms with E-state index in [4.69, 9.17) is 16.2 Å². The molecule has 0 radical (unpaired) electrons. The summed E-state index contributed by atoms with van der Waals surface area (Å²) in [6.07, 6.45) is 5.30. The highest BCUT2D eigenvalue weighted by molar-refractivity contribution is 5.98. The standard InChI is InChI=1S/C18H20N6O/c1-11-13-8-23-18(20)6-12(13)14(9-21-11)16-7-17(15(19)10-22-16)24-2-4-25-5-3-24/h6-10H,2-5,19H2,1H3,(H2,20,23). The average molecular weight is 336 g/mol. The first-order valence-corrected chi connectivity index (χ1v) is 8.23. The van der Waals surface area contributed by atoms with Gasteiger partial charge in [0.15, 0.2) is 0 Å². The minimum atomic E-state index is 0.475. The lowest BCUT2D eigenvalue weighted by Gasteiger charge is -2.30. The lowest BCUT2D eigenvalue weighted by molar-refractivity contribution is 0.123. The van der Waals surface area contributed by atoms with E-state index in [-0.39, 0.29) is 0 Å². The lowest BCUT2D eigenvalue weighted by Crippen LogP contribution is -2.36. The van der Waals surface area contributed by atoms with Crippen LogP contribution in [0, 0.1) is 6.92 Å². The van der Waals surface area contributed by atoms with Crippen molar-refractivity contribution in [2.24, 2.45) is 0 Å². The highest BCUT2D eigenvalue weighted by atomic mass is 16.5. The molecule has 7 heteroatoms. The van der Waals surface area contributed by atoms with Gasteiger partial charge in [-0.15, -0.1) is 0 Å². The minimum absolute atomic E-state index is 0.475. The number of nitrogen functional groups attached to an aromatic ring is 2. The van der Waals surface area contributed by atoms with Gasteiger partial charge in [-0.2, -0.15) is 0 Å². The van der Waals surface area contributed by atoms with Gasteiger partial charge in [-0.3, -0.25) is 9.97 Å². The number of fused-ring (bicyclic) bond motifs is 1. The number of morpholine rings is 1. The summed E-state index contributed by atoms with van der Waals surface area (Å²) in [5, 5.41) is 1.96. The van der Waals surface area contributed by atoms with Crippen LogP contribution in [0.15, 0.2) is 30.7 Å². The molecule has 4 N–H and O–H groups in total. The third-order valence-electron chi connectivity index (χ3n) is 4.53. The van der Waals surface area contributed by atoms with Crippen LogP contribution in [0.4, 0.5) is 17.2 Å². The van der Waals surface area contributed by atoms with Gasteiger partial charge < -0.3 is 21.1 Å². The first-order chi connectivity index (χ1) is 12.1. The fourth-order valence-electron chi connectivity index (χ4n) is 3.17. The third-order valence-corrected chi connectivity index (χ3v) is 4.53. The van der Waals surface area contributed by atoms with Gasteiger partial charge >= 0.3 is 0 Å². The molecule has 7 nitrogen and oxygen atoms in total. The van der Waals surface area contributed by atoms with Crippen molar-refractivity contribution in [2.45, 2.75) is 6.92 Å². The van der Waals surface area contributed by atoms with Crippen molar-refractivity contribution in [1.82, 2.24) is 15.0 Å². The Morgan fingerprint density at radius 1 is 0.960 bits per heavy atom. The molecule has 0 atom stereocenters. The maximum absolute atomic E-state index is 6.17. The van der Waals surface area contributed by atoms with Crippen LogP contribution in [0.1, 0.15) is 5.69 Å². The van der Waals surface area contributed by atoms with E-state index in [1.165, 1.54) is 0 Å². The van der Waals surface area contributed by atoms with Gasteiger partial charge in [-0.1, -0.05) is 0 Å². The zero-order chi connectivity index (χ0) is 17.4. The fraction of sp³-hybridized carbons (Fsp3) is 0.278. The van der Waals surface area contributed by atoms with Crippen LogP contribution in [0.2, 0.25) is 0 Å². The zero-order valence-corrected chi connectivity index (χ0v) is 14.1. The molecule has 1 aliphatic rings. The largest absolute Gasteiger partial charge is 0.396 e. The van der Waals surface area contributed by atoms with E-state index in [1.807, 2.05) is 25.3 Å². The Hall–Kier alpha value is -2.93. The van der Waals surface area contributed by atoms with E-state index in [2.05, 4.69) is 19.9 Å². The molecule has 1 aliphatic heterocycles. The molecular formula is C18H20N6O.